The lowest BCUT2D eigenvalue weighted by Gasteiger charge is -2.21. The molecule has 19 heavy (non-hydrogen) atoms. The fraction of sp³-hybridized carbons (Fsp3) is 0.500. The Kier molecular flexibility index (Phi) is 7.34. The van der Waals surface area contributed by atoms with Crippen molar-refractivity contribution in [3.8, 4) is 6.07 Å². The van der Waals surface area contributed by atoms with E-state index in [1.165, 1.54) is 12.8 Å². The highest BCUT2D eigenvalue weighted by Crippen LogP contribution is 2.16. The second-order valence-corrected chi connectivity index (χ2v) is 4.60. The van der Waals surface area contributed by atoms with Gasteiger partial charge >= 0.3 is 0 Å². The summed E-state index contributed by atoms with van der Waals surface area (Å²) in [6.07, 6.45) is 5.32. The number of anilines is 1. The second-order valence-electron chi connectivity index (χ2n) is 4.60. The maximum Gasteiger partial charge on any atom is 0.227 e. The topological polar surface area (TPSA) is 44.1 Å². The van der Waals surface area contributed by atoms with Crippen LogP contribution < -0.4 is 4.90 Å². The minimum absolute atomic E-state index is 0.123. The molecule has 0 aliphatic heterocycles. The molecular weight excluding hydrogens is 236 g/mol. The number of hydrogen-bond acceptors (Lipinski definition) is 2. The molecule has 0 saturated carbocycles. The minimum atomic E-state index is 0.123. The van der Waals surface area contributed by atoms with Crippen molar-refractivity contribution in [2.24, 2.45) is 0 Å². The number of nitrogens with zero attached hydrogens (tertiary/aromatic N) is 2. The molecule has 0 bridgehead atoms. The molecular formula is C16H22N2O. The molecule has 1 rings (SSSR count). The standard InChI is InChI=1S/C16H22N2O/c1-2-3-4-8-12-16(19)18(14-9-13-17)15-10-6-5-7-11-15/h5-7,10-11H,2-4,8-9,12,14H2,1H3. The summed E-state index contributed by atoms with van der Waals surface area (Å²) in [5.74, 6) is 0.123. The van der Waals surface area contributed by atoms with E-state index in [-0.39, 0.29) is 5.91 Å². The van der Waals surface area contributed by atoms with E-state index in [1.54, 1.807) is 4.90 Å². The summed E-state index contributed by atoms with van der Waals surface area (Å²) < 4.78 is 0. The predicted octanol–water partition coefficient (Wildman–Crippen LogP) is 3.90. The molecule has 0 fully saturated rings. The van der Waals surface area contributed by atoms with E-state index in [2.05, 4.69) is 13.0 Å². The lowest BCUT2D eigenvalue weighted by molar-refractivity contribution is -0.118. The van der Waals surface area contributed by atoms with Crippen LogP contribution >= 0.6 is 0 Å². The van der Waals surface area contributed by atoms with Gasteiger partial charge in [0, 0.05) is 18.7 Å². The number of carbonyl (C=O) groups is 1. The molecule has 1 aromatic carbocycles. The number of benzene rings is 1. The summed E-state index contributed by atoms with van der Waals surface area (Å²) in [7, 11) is 0. The van der Waals surface area contributed by atoms with Crippen molar-refractivity contribution >= 4 is 11.6 Å². The highest BCUT2D eigenvalue weighted by molar-refractivity contribution is 5.93. The largest absolute Gasteiger partial charge is 0.311 e. The van der Waals surface area contributed by atoms with E-state index in [1.807, 2.05) is 30.3 Å². The summed E-state index contributed by atoms with van der Waals surface area (Å²) in [5, 5.41) is 8.70. The van der Waals surface area contributed by atoms with Crippen LogP contribution in [-0.4, -0.2) is 12.5 Å². The highest BCUT2D eigenvalue weighted by Gasteiger charge is 2.14. The Hall–Kier alpha value is -1.82. The minimum Gasteiger partial charge on any atom is -0.311 e. The van der Waals surface area contributed by atoms with E-state index in [0.717, 1.165) is 18.5 Å². The van der Waals surface area contributed by atoms with Crippen molar-refractivity contribution in [1.29, 1.82) is 5.26 Å². The van der Waals surface area contributed by atoms with Gasteiger partial charge in [0.1, 0.15) is 0 Å². The number of amides is 1. The maximum absolute atomic E-state index is 12.2. The molecule has 0 aromatic heterocycles. The summed E-state index contributed by atoms with van der Waals surface area (Å²) in [4.78, 5) is 14.0. The van der Waals surface area contributed by atoms with Crippen molar-refractivity contribution < 1.29 is 4.79 Å². The van der Waals surface area contributed by atoms with Crippen LogP contribution in [0.3, 0.4) is 0 Å². The van der Waals surface area contributed by atoms with Gasteiger partial charge < -0.3 is 4.90 Å². The Bertz CT molecular complexity index is 409. The van der Waals surface area contributed by atoms with Gasteiger partial charge in [-0.1, -0.05) is 44.4 Å². The lowest BCUT2D eigenvalue weighted by Crippen LogP contribution is -2.31. The van der Waals surface area contributed by atoms with Gasteiger partial charge in [-0.25, -0.2) is 0 Å². The molecule has 0 aliphatic carbocycles. The number of nitriles is 1. The zero-order valence-corrected chi connectivity index (χ0v) is 11.6. The maximum atomic E-state index is 12.2. The number of hydrogen-bond donors (Lipinski definition) is 0. The van der Waals surface area contributed by atoms with Crippen LogP contribution in [0.2, 0.25) is 0 Å². The Morgan fingerprint density at radius 2 is 1.95 bits per heavy atom. The van der Waals surface area contributed by atoms with Crippen molar-refractivity contribution in [1.82, 2.24) is 0 Å². The normalized spacial score (nSPS) is 9.89. The summed E-state index contributed by atoms with van der Waals surface area (Å²) in [6.45, 7) is 2.64. The van der Waals surface area contributed by atoms with E-state index >= 15 is 0 Å². The van der Waals surface area contributed by atoms with Crippen LogP contribution in [0.25, 0.3) is 0 Å². The third-order valence-electron chi connectivity index (χ3n) is 3.06. The molecule has 102 valence electrons. The predicted molar refractivity (Wildman–Crippen MR) is 77.8 cm³/mol. The number of para-hydroxylation sites is 1. The van der Waals surface area contributed by atoms with Gasteiger partial charge in [0.15, 0.2) is 0 Å². The van der Waals surface area contributed by atoms with Crippen molar-refractivity contribution in [3.63, 3.8) is 0 Å². The van der Waals surface area contributed by atoms with E-state index in [9.17, 15) is 4.79 Å². The fourth-order valence-electron chi connectivity index (χ4n) is 2.01. The number of carbonyl (C=O) groups excluding carboxylic acids is 1. The fourth-order valence-corrected chi connectivity index (χ4v) is 2.01. The molecule has 3 heteroatoms. The first kappa shape index (κ1) is 15.2. The Morgan fingerprint density at radius 1 is 1.21 bits per heavy atom. The number of unbranched alkanes of at least 4 members (excludes halogenated alkanes) is 3. The van der Waals surface area contributed by atoms with Crippen molar-refractivity contribution in [2.45, 2.75) is 45.4 Å². The zero-order chi connectivity index (χ0) is 13.9. The molecule has 0 unspecified atom stereocenters. The van der Waals surface area contributed by atoms with Crippen LogP contribution in [0, 0.1) is 11.3 Å². The molecule has 3 nitrogen and oxygen atoms in total. The van der Waals surface area contributed by atoms with Crippen LogP contribution in [0.15, 0.2) is 30.3 Å². The Labute approximate surface area is 115 Å². The van der Waals surface area contributed by atoms with Gasteiger partial charge in [-0.15, -0.1) is 0 Å². The molecule has 0 radical (unpaired) electrons. The van der Waals surface area contributed by atoms with E-state index in [0.29, 0.717) is 19.4 Å². The molecule has 1 aromatic rings. The van der Waals surface area contributed by atoms with Gasteiger partial charge in [0.05, 0.1) is 12.5 Å². The molecule has 0 saturated heterocycles. The quantitative estimate of drug-likeness (QED) is 0.664. The third kappa shape index (κ3) is 5.56. The average molecular weight is 258 g/mol. The summed E-state index contributed by atoms with van der Waals surface area (Å²) >= 11 is 0. The first-order valence-electron chi connectivity index (χ1n) is 7.02. The molecule has 0 spiro atoms. The average Bonchev–Trinajstić information content (AvgIpc) is 2.45. The number of rotatable bonds is 8. The van der Waals surface area contributed by atoms with Crippen LogP contribution in [0.1, 0.15) is 45.4 Å². The zero-order valence-electron chi connectivity index (χ0n) is 11.6. The van der Waals surface area contributed by atoms with Gasteiger partial charge in [-0.3, -0.25) is 4.79 Å². The highest BCUT2D eigenvalue weighted by atomic mass is 16.2. The first-order chi connectivity index (χ1) is 9.29. The van der Waals surface area contributed by atoms with Crippen molar-refractivity contribution in [2.75, 3.05) is 11.4 Å². The molecule has 0 heterocycles. The van der Waals surface area contributed by atoms with Gasteiger partial charge in [0.25, 0.3) is 0 Å². The third-order valence-corrected chi connectivity index (χ3v) is 3.06. The van der Waals surface area contributed by atoms with Crippen LogP contribution in [0.5, 0.6) is 0 Å². The smallest absolute Gasteiger partial charge is 0.227 e. The SMILES string of the molecule is CCCCCCC(=O)N(CCC#N)c1ccccc1. The Morgan fingerprint density at radius 3 is 2.58 bits per heavy atom. The van der Waals surface area contributed by atoms with E-state index < -0.39 is 0 Å². The first-order valence-corrected chi connectivity index (χ1v) is 7.02. The lowest BCUT2D eigenvalue weighted by atomic mass is 10.1. The molecule has 0 aliphatic rings. The van der Waals surface area contributed by atoms with Gasteiger partial charge in [-0.2, -0.15) is 5.26 Å². The monoisotopic (exact) mass is 258 g/mol. The molecule has 1 amide bonds. The van der Waals surface area contributed by atoms with E-state index in [4.69, 9.17) is 5.26 Å². The second kappa shape index (κ2) is 9.16. The molecule has 0 N–H and O–H groups in total. The molecule has 0 atom stereocenters. The summed E-state index contributed by atoms with van der Waals surface area (Å²) in [6, 6.07) is 11.7. The van der Waals surface area contributed by atoms with Crippen LogP contribution in [0.4, 0.5) is 5.69 Å². The van der Waals surface area contributed by atoms with Crippen LogP contribution in [-0.2, 0) is 4.79 Å². The Balaban J connectivity index is 2.59. The van der Waals surface area contributed by atoms with Crippen molar-refractivity contribution in [3.05, 3.63) is 30.3 Å². The van der Waals surface area contributed by atoms with Gasteiger partial charge in [-0.05, 0) is 18.6 Å². The summed E-state index contributed by atoms with van der Waals surface area (Å²) in [5.41, 5.74) is 0.887. The van der Waals surface area contributed by atoms with Gasteiger partial charge in [0.2, 0.25) is 5.91 Å².